The molecular formula is C16H25N3O2. The van der Waals surface area contributed by atoms with Crippen molar-refractivity contribution >= 4 is 5.84 Å². The zero-order valence-electron chi connectivity index (χ0n) is 12.6. The van der Waals surface area contributed by atoms with Gasteiger partial charge >= 0.3 is 0 Å². The van der Waals surface area contributed by atoms with E-state index in [4.69, 9.17) is 15.7 Å². The van der Waals surface area contributed by atoms with Gasteiger partial charge in [-0.3, -0.25) is 0 Å². The number of hydrogen-bond donors (Lipinski definition) is 3. The van der Waals surface area contributed by atoms with Gasteiger partial charge in [0.05, 0.1) is 0 Å². The smallest absolute Gasteiger partial charge is 0.170 e. The number of hydrogen-bond acceptors (Lipinski definition) is 4. The molecule has 0 spiro atoms. The van der Waals surface area contributed by atoms with Crippen molar-refractivity contribution in [2.24, 2.45) is 16.8 Å². The maximum atomic E-state index is 8.60. The van der Waals surface area contributed by atoms with Crippen molar-refractivity contribution in [3.8, 4) is 5.75 Å². The summed E-state index contributed by atoms with van der Waals surface area (Å²) < 4.78 is 5.69. The molecule has 1 aliphatic rings. The van der Waals surface area contributed by atoms with Crippen LogP contribution < -0.4 is 15.8 Å². The van der Waals surface area contributed by atoms with Crippen molar-refractivity contribution in [3.05, 3.63) is 29.8 Å². The number of ether oxygens (including phenoxy) is 1. The molecule has 1 aliphatic carbocycles. The number of oxime groups is 1. The SMILES string of the molecule is CC1CCCCC1NCCOc1ccc(C(N)=NO)cc1. The van der Waals surface area contributed by atoms with Crippen LogP contribution in [0.15, 0.2) is 29.4 Å². The van der Waals surface area contributed by atoms with E-state index in [0.717, 1.165) is 18.2 Å². The van der Waals surface area contributed by atoms with E-state index in [1.165, 1.54) is 25.7 Å². The lowest BCUT2D eigenvalue weighted by atomic mass is 9.86. The fourth-order valence-corrected chi connectivity index (χ4v) is 2.81. The van der Waals surface area contributed by atoms with E-state index in [9.17, 15) is 0 Å². The van der Waals surface area contributed by atoms with Gasteiger partial charge in [-0.1, -0.05) is 24.9 Å². The summed E-state index contributed by atoms with van der Waals surface area (Å²) in [5.41, 5.74) is 6.19. The van der Waals surface area contributed by atoms with Gasteiger partial charge < -0.3 is 21.0 Å². The topological polar surface area (TPSA) is 79.9 Å². The summed E-state index contributed by atoms with van der Waals surface area (Å²) >= 11 is 0. The Bertz CT molecular complexity index is 459. The van der Waals surface area contributed by atoms with Gasteiger partial charge in [-0.25, -0.2) is 0 Å². The molecule has 116 valence electrons. The molecule has 1 aromatic rings. The average Bonchev–Trinajstić information content (AvgIpc) is 2.53. The van der Waals surface area contributed by atoms with Gasteiger partial charge in [0.1, 0.15) is 12.4 Å². The third-order valence-corrected chi connectivity index (χ3v) is 4.15. The standard InChI is InChI=1S/C16H25N3O2/c1-12-4-2-3-5-15(12)18-10-11-21-14-8-6-13(7-9-14)16(17)19-20/h6-9,12,15,18,20H,2-5,10-11H2,1H3,(H2,17,19). The Morgan fingerprint density at radius 3 is 2.71 bits per heavy atom. The molecule has 0 aromatic heterocycles. The van der Waals surface area contributed by atoms with E-state index in [-0.39, 0.29) is 5.84 Å². The molecule has 2 unspecified atom stereocenters. The lowest BCUT2D eigenvalue weighted by Crippen LogP contribution is -2.39. The molecule has 1 fully saturated rings. The van der Waals surface area contributed by atoms with Crippen LogP contribution in [0.1, 0.15) is 38.2 Å². The quantitative estimate of drug-likeness (QED) is 0.247. The predicted molar refractivity (Wildman–Crippen MR) is 83.9 cm³/mol. The Kier molecular flexibility index (Phi) is 5.87. The van der Waals surface area contributed by atoms with Crippen molar-refractivity contribution in [2.75, 3.05) is 13.2 Å². The van der Waals surface area contributed by atoms with Crippen LogP contribution in [0, 0.1) is 5.92 Å². The summed E-state index contributed by atoms with van der Waals surface area (Å²) in [6, 6.07) is 7.85. The van der Waals surface area contributed by atoms with Crippen molar-refractivity contribution in [3.63, 3.8) is 0 Å². The number of nitrogens with two attached hydrogens (primary N) is 1. The number of nitrogens with zero attached hydrogens (tertiary/aromatic N) is 1. The van der Waals surface area contributed by atoms with Crippen LogP contribution in [-0.4, -0.2) is 30.2 Å². The van der Waals surface area contributed by atoms with E-state index < -0.39 is 0 Å². The Balaban J connectivity index is 1.71. The first kappa shape index (κ1) is 15.6. The van der Waals surface area contributed by atoms with E-state index in [1.54, 1.807) is 12.1 Å². The Labute approximate surface area is 126 Å². The zero-order valence-corrected chi connectivity index (χ0v) is 12.6. The van der Waals surface area contributed by atoms with E-state index in [0.29, 0.717) is 18.2 Å². The molecule has 1 saturated carbocycles. The van der Waals surface area contributed by atoms with Crippen molar-refractivity contribution < 1.29 is 9.94 Å². The summed E-state index contributed by atoms with van der Waals surface area (Å²) in [7, 11) is 0. The normalized spacial score (nSPS) is 23.0. The first-order chi connectivity index (χ1) is 10.2. The fourth-order valence-electron chi connectivity index (χ4n) is 2.81. The molecule has 0 amide bonds. The second kappa shape index (κ2) is 7.88. The largest absolute Gasteiger partial charge is 0.492 e. The highest BCUT2D eigenvalue weighted by atomic mass is 16.5. The van der Waals surface area contributed by atoms with Gasteiger partial charge in [-0.2, -0.15) is 0 Å². The lowest BCUT2D eigenvalue weighted by molar-refractivity contribution is 0.251. The summed E-state index contributed by atoms with van der Waals surface area (Å²) in [6.45, 7) is 3.83. The molecule has 0 saturated heterocycles. The van der Waals surface area contributed by atoms with Gasteiger partial charge in [-0.05, 0) is 43.0 Å². The van der Waals surface area contributed by atoms with Crippen LogP contribution in [0.2, 0.25) is 0 Å². The third kappa shape index (κ3) is 4.63. The molecule has 2 atom stereocenters. The summed E-state index contributed by atoms with van der Waals surface area (Å²) in [5.74, 6) is 1.66. The molecule has 1 aromatic carbocycles. The van der Waals surface area contributed by atoms with Crippen LogP contribution in [0.3, 0.4) is 0 Å². The Morgan fingerprint density at radius 2 is 2.05 bits per heavy atom. The number of nitrogens with one attached hydrogen (secondary N) is 1. The van der Waals surface area contributed by atoms with Crippen LogP contribution in [0.4, 0.5) is 0 Å². The second-order valence-corrected chi connectivity index (χ2v) is 5.68. The molecule has 0 radical (unpaired) electrons. The maximum Gasteiger partial charge on any atom is 0.170 e. The van der Waals surface area contributed by atoms with Gasteiger partial charge in [0.2, 0.25) is 0 Å². The van der Waals surface area contributed by atoms with Crippen LogP contribution in [0.5, 0.6) is 5.75 Å². The number of amidine groups is 1. The minimum Gasteiger partial charge on any atom is -0.492 e. The summed E-state index contributed by atoms with van der Waals surface area (Å²) in [6.07, 6.45) is 5.30. The van der Waals surface area contributed by atoms with Gasteiger partial charge in [-0.15, -0.1) is 0 Å². The summed E-state index contributed by atoms with van der Waals surface area (Å²) in [4.78, 5) is 0. The van der Waals surface area contributed by atoms with Gasteiger partial charge in [0.15, 0.2) is 5.84 Å². The molecule has 2 rings (SSSR count). The third-order valence-electron chi connectivity index (χ3n) is 4.15. The predicted octanol–water partition coefficient (Wildman–Crippen LogP) is 2.33. The number of rotatable bonds is 6. The van der Waals surface area contributed by atoms with E-state index in [2.05, 4.69) is 17.4 Å². The summed E-state index contributed by atoms with van der Waals surface area (Å²) in [5, 5.41) is 15.1. The maximum absolute atomic E-state index is 8.60. The van der Waals surface area contributed by atoms with Crippen LogP contribution in [-0.2, 0) is 0 Å². The zero-order chi connectivity index (χ0) is 15.1. The first-order valence-electron chi connectivity index (χ1n) is 7.65. The lowest BCUT2D eigenvalue weighted by Gasteiger charge is -2.29. The molecule has 21 heavy (non-hydrogen) atoms. The highest BCUT2D eigenvalue weighted by Crippen LogP contribution is 2.23. The molecule has 0 bridgehead atoms. The second-order valence-electron chi connectivity index (χ2n) is 5.68. The molecular weight excluding hydrogens is 266 g/mol. The highest BCUT2D eigenvalue weighted by molar-refractivity contribution is 5.97. The molecule has 0 aliphatic heterocycles. The van der Waals surface area contributed by atoms with Gasteiger partial charge in [0, 0.05) is 18.2 Å². The minimum absolute atomic E-state index is 0.106. The monoisotopic (exact) mass is 291 g/mol. The Hall–Kier alpha value is -1.75. The van der Waals surface area contributed by atoms with E-state index in [1.807, 2.05) is 12.1 Å². The molecule has 4 N–H and O–H groups in total. The van der Waals surface area contributed by atoms with Crippen molar-refractivity contribution in [1.29, 1.82) is 0 Å². The van der Waals surface area contributed by atoms with Gasteiger partial charge in [0.25, 0.3) is 0 Å². The molecule has 0 heterocycles. The average molecular weight is 291 g/mol. The van der Waals surface area contributed by atoms with Crippen molar-refractivity contribution in [2.45, 2.75) is 38.6 Å². The molecule has 5 heteroatoms. The highest BCUT2D eigenvalue weighted by Gasteiger charge is 2.20. The van der Waals surface area contributed by atoms with Crippen LogP contribution in [0.25, 0.3) is 0 Å². The van der Waals surface area contributed by atoms with Crippen molar-refractivity contribution in [1.82, 2.24) is 5.32 Å². The van der Waals surface area contributed by atoms with E-state index >= 15 is 0 Å². The van der Waals surface area contributed by atoms with Crippen LogP contribution >= 0.6 is 0 Å². The minimum atomic E-state index is 0.106. The Morgan fingerprint density at radius 1 is 1.33 bits per heavy atom. The first-order valence-corrected chi connectivity index (χ1v) is 7.65. The molecule has 5 nitrogen and oxygen atoms in total. The fraction of sp³-hybridized carbons (Fsp3) is 0.562. The number of benzene rings is 1.